The number of nitrogens with zero attached hydrogens (tertiary/aromatic N) is 1. The molecule has 4 rings (SSSR count). The summed E-state index contributed by atoms with van der Waals surface area (Å²) in [7, 11) is 0. The first-order valence-corrected chi connectivity index (χ1v) is 8.64. The topological polar surface area (TPSA) is 63.3 Å². The fraction of sp³-hybridized carbons (Fsp3) is 0.100. The summed E-state index contributed by atoms with van der Waals surface area (Å²) in [6, 6.07) is 14.6. The zero-order valence-corrected chi connectivity index (χ0v) is 14.6. The summed E-state index contributed by atoms with van der Waals surface area (Å²) in [5.41, 5.74) is 3.44. The first kappa shape index (κ1) is 15.6. The van der Waals surface area contributed by atoms with Crippen LogP contribution in [0.3, 0.4) is 0 Å². The maximum atomic E-state index is 12.4. The fourth-order valence-corrected chi connectivity index (χ4v) is 3.68. The molecule has 4 nitrogen and oxygen atoms in total. The molecule has 0 fully saturated rings. The van der Waals surface area contributed by atoms with Gasteiger partial charge in [-0.05, 0) is 32.0 Å². The van der Waals surface area contributed by atoms with Crippen molar-refractivity contribution in [1.29, 1.82) is 0 Å². The van der Waals surface area contributed by atoms with Crippen molar-refractivity contribution < 1.29 is 9.52 Å². The molecule has 0 amide bonds. The van der Waals surface area contributed by atoms with Crippen LogP contribution in [0, 0.1) is 13.8 Å². The minimum Gasteiger partial charge on any atom is -0.508 e. The maximum absolute atomic E-state index is 12.4. The van der Waals surface area contributed by atoms with Gasteiger partial charge in [0.25, 0.3) is 0 Å². The highest BCUT2D eigenvalue weighted by atomic mass is 32.1. The third kappa shape index (κ3) is 2.83. The summed E-state index contributed by atoms with van der Waals surface area (Å²) in [5.74, 6) is 0.0650. The average Bonchev–Trinajstić information content (AvgIpc) is 2.96. The van der Waals surface area contributed by atoms with Crippen LogP contribution >= 0.6 is 11.3 Å². The molecule has 0 aliphatic heterocycles. The van der Waals surface area contributed by atoms with E-state index < -0.39 is 5.63 Å². The van der Waals surface area contributed by atoms with E-state index in [0.29, 0.717) is 16.2 Å². The molecule has 2 aromatic heterocycles. The van der Waals surface area contributed by atoms with Crippen molar-refractivity contribution in [2.75, 3.05) is 0 Å². The Hall–Kier alpha value is -2.92. The van der Waals surface area contributed by atoms with Gasteiger partial charge in [0.2, 0.25) is 0 Å². The van der Waals surface area contributed by atoms with Crippen LogP contribution < -0.4 is 5.63 Å². The maximum Gasteiger partial charge on any atom is 0.346 e. The minimum atomic E-state index is -0.456. The summed E-state index contributed by atoms with van der Waals surface area (Å²) in [6.07, 6.45) is 0. The first-order chi connectivity index (χ1) is 12.0. The molecule has 0 unspecified atom stereocenters. The molecule has 0 atom stereocenters. The monoisotopic (exact) mass is 349 g/mol. The van der Waals surface area contributed by atoms with Crippen LogP contribution in [0.25, 0.3) is 32.8 Å². The van der Waals surface area contributed by atoms with E-state index in [9.17, 15) is 9.90 Å². The molecule has 124 valence electrons. The van der Waals surface area contributed by atoms with Gasteiger partial charge in [-0.15, -0.1) is 11.3 Å². The largest absolute Gasteiger partial charge is 0.508 e. The van der Waals surface area contributed by atoms with Crippen molar-refractivity contribution in [3.8, 4) is 27.6 Å². The molecular formula is C20H15NO3S. The highest BCUT2D eigenvalue weighted by Gasteiger charge is 2.15. The molecule has 5 heteroatoms. The lowest BCUT2D eigenvalue weighted by Gasteiger charge is -2.00. The Labute approximate surface area is 148 Å². The van der Waals surface area contributed by atoms with Gasteiger partial charge in [-0.2, -0.15) is 0 Å². The Morgan fingerprint density at radius 3 is 2.56 bits per heavy atom. The average molecular weight is 349 g/mol. The zero-order chi connectivity index (χ0) is 17.6. The molecule has 0 bridgehead atoms. The van der Waals surface area contributed by atoms with Crippen molar-refractivity contribution in [3.63, 3.8) is 0 Å². The van der Waals surface area contributed by atoms with Crippen molar-refractivity contribution >= 4 is 22.3 Å². The Balaban J connectivity index is 1.85. The van der Waals surface area contributed by atoms with Gasteiger partial charge in [-0.25, -0.2) is 9.78 Å². The predicted octanol–water partition coefficient (Wildman–Crippen LogP) is 4.91. The molecule has 25 heavy (non-hydrogen) atoms. The van der Waals surface area contributed by atoms with E-state index in [1.807, 2.05) is 38.1 Å². The summed E-state index contributed by atoms with van der Waals surface area (Å²) < 4.78 is 5.35. The lowest BCUT2D eigenvalue weighted by atomic mass is 10.1. The standard InChI is InChI=1S/C20H15NO3S/c1-11-3-5-13(6-4-11)18-12(2)25-19(21-18)16-9-14-7-8-15(22)10-17(14)24-20(16)23/h3-10,22H,1-2H3. The van der Waals surface area contributed by atoms with Crippen LogP contribution in [-0.4, -0.2) is 10.1 Å². The molecule has 0 saturated heterocycles. The number of aryl methyl sites for hydroxylation is 2. The van der Waals surface area contributed by atoms with Crippen LogP contribution in [-0.2, 0) is 0 Å². The van der Waals surface area contributed by atoms with E-state index in [0.717, 1.165) is 21.5 Å². The molecule has 0 spiro atoms. The number of phenols is 1. The number of rotatable bonds is 2. The quantitative estimate of drug-likeness (QED) is 0.523. The van der Waals surface area contributed by atoms with Gasteiger partial charge in [0, 0.05) is 21.9 Å². The molecule has 0 aliphatic carbocycles. The second kappa shape index (κ2) is 5.86. The van der Waals surface area contributed by atoms with Crippen LogP contribution in [0.5, 0.6) is 5.75 Å². The number of aromatic nitrogens is 1. The van der Waals surface area contributed by atoms with Crippen LogP contribution in [0.1, 0.15) is 10.4 Å². The molecule has 2 heterocycles. The second-order valence-corrected chi connectivity index (χ2v) is 7.16. The Bertz CT molecular complexity index is 1140. The zero-order valence-electron chi connectivity index (χ0n) is 13.7. The number of thiazole rings is 1. The molecule has 2 aromatic carbocycles. The van der Waals surface area contributed by atoms with Crippen LogP contribution in [0.15, 0.2) is 57.7 Å². The first-order valence-electron chi connectivity index (χ1n) is 7.83. The summed E-state index contributed by atoms with van der Waals surface area (Å²) >= 11 is 1.47. The van der Waals surface area contributed by atoms with Gasteiger partial charge in [-0.3, -0.25) is 0 Å². The van der Waals surface area contributed by atoms with Crippen molar-refractivity contribution in [1.82, 2.24) is 4.98 Å². The van der Waals surface area contributed by atoms with E-state index in [4.69, 9.17) is 4.42 Å². The molecular weight excluding hydrogens is 334 g/mol. The molecule has 4 aromatic rings. The van der Waals surface area contributed by atoms with Gasteiger partial charge in [-0.1, -0.05) is 29.8 Å². The van der Waals surface area contributed by atoms with Crippen LogP contribution in [0.4, 0.5) is 0 Å². The third-order valence-electron chi connectivity index (χ3n) is 4.07. The van der Waals surface area contributed by atoms with Gasteiger partial charge < -0.3 is 9.52 Å². The highest BCUT2D eigenvalue weighted by Crippen LogP contribution is 2.33. The van der Waals surface area contributed by atoms with E-state index in [2.05, 4.69) is 4.98 Å². The molecule has 1 N–H and O–H groups in total. The van der Waals surface area contributed by atoms with E-state index in [1.165, 1.54) is 23.0 Å². The van der Waals surface area contributed by atoms with Gasteiger partial charge in [0.1, 0.15) is 16.3 Å². The number of phenolic OH excluding ortho intramolecular Hbond substituents is 1. The number of hydrogen-bond acceptors (Lipinski definition) is 5. The summed E-state index contributed by atoms with van der Waals surface area (Å²) in [6.45, 7) is 4.04. The van der Waals surface area contributed by atoms with E-state index in [-0.39, 0.29) is 5.75 Å². The number of hydrogen-bond donors (Lipinski definition) is 1. The Kier molecular flexibility index (Phi) is 3.66. The van der Waals surface area contributed by atoms with Crippen molar-refractivity contribution in [2.24, 2.45) is 0 Å². The number of benzene rings is 2. The Morgan fingerprint density at radius 1 is 1.04 bits per heavy atom. The highest BCUT2D eigenvalue weighted by molar-refractivity contribution is 7.15. The smallest absolute Gasteiger partial charge is 0.346 e. The molecule has 0 radical (unpaired) electrons. The van der Waals surface area contributed by atoms with E-state index >= 15 is 0 Å². The lowest BCUT2D eigenvalue weighted by Crippen LogP contribution is -2.02. The Morgan fingerprint density at radius 2 is 1.80 bits per heavy atom. The molecule has 0 saturated carbocycles. The summed E-state index contributed by atoms with van der Waals surface area (Å²) in [5, 5.41) is 10.9. The van der Waals surface area contributed by atoms with Crippen LogP contribution in [0.2, 0.25) is 0 Å². The van der Waals surface area contributed by atoms with Gasteiger partial charge >= 0.3 is 5.63 Å². The normalized spacial score (nSPS) is 11.1. The van der Waals surface area contributed by atoms with E-state index in [1.54, 1.807) is 18.2 Å². The predicted molar refractivity (Wildman–Crippen MR) is 100 cm³/mol. The third-order valence-corrected chi connectivity index (χ3v) is 5.08. The van der Waals surface area contributed by atoms with Crippen molar-refractivity contribution in [3.05, 3.63) is 69.4 Å². The number of fused-ring (bicyclic) bond motifs is 1. The van der Waals surface area contributed by atoms with Gasteiger partial charge in [0.15, 0.2) is 0 Å². The molecule has 0 aliphatic rings. The van der Waals surface area contributed by atoms with Gasteiger partial charge in [0.05, 0.1) is 11.3 Å². The van der Waals surface area contributed by atoms with Crippen molar-refractivity contribution in [2.45, 2.75) is 13.8 Å². The number of aromatic hydroxyl groups is 1. The summed E-state index contributed by atoms with van der Waals surface area (Å²) in [4.78, 5) is 18.1. The minimum absolute atomic E-state index is 0.0650. The second-order valence-electron chi connectivity index (χ2n) is 5.96. The lowest BCUT2D eigenvalue weighted by molar-refractivity contribution is 0.473. The SMILES string of the molecule is Cc1ccc(-c2nc(-c3cc4ccc(O)cc4oc3=O)sc2C)cc1. The fourth-order valence-electron chi connectivity index (χ4n) is 2.74.